The van der Waals surface area contributed by atoms with Gasteiger partial charge in [-0.25, -0.2) is 0 Å². The minimum Gasteiger partial charge on any atom is -0.496 e. The minimum atomic E-state index is -0.860. The van der Waals surface area contributed by atoms with E-state index in [1.807, 2.05) is 25.1 Å². The molecule has 1 N–H and O–H groups in total. The molecule has 1 atom stereocenters. The zero-order valence-corrected chi connectivity index (χ0v) is 10.6. The summed E-state index contributed by atoms with van der Waals surface area (Å²) in [6.45, 7) is 1.95. The largest absolute Gasteiger partial charge is 0.496 e. The average Bonchev–Trinajstić information content (AvgIpc) is 2.34. The van der Waals surface area contributed by atoms with Gasteiger partial charge in [0.1, 0.15) is 5.75 Å². The minimum absolute atomic E-state index is 0.0351. The summed E-state index contributed by atoms with van der Waals surface area (Å²) in [7, 11) is 1.62. The SMILES string of the molecule is COc1ccc(CC(C#N)CCC(=O)O)cc1C. The number of carbonyl (C=O) groups is 1. The van der Waals surface area contributed by atoms with Crippen LogP contribution in [0.15, 0.2) is 18.2 Å². The first kappa shape index (κ1) is 14.0. The van der Waals surface area contributed by atoms with Crippen molar-refractivity contribution in [2.75, 3.05) is 7.11 Å². The van der Waals surface area contributed by atoms with E-state index < -0.39 is 5.97 Å². The molecule has 0 aliphatic carbocycles. The maximum absolute atomic E-state index is 10.5. The smallest absolute Gasteiger partial charge is 0.303 e. The summed E-state index contributed by atoms with van der Waals surface area (Å²) < 4.78 is 5.17. The molecule has 0 aromatic heterocycles. The zero-order chi connectivity index (χ0) is 13.5. The van der Waals surface area contributed by atoms with Crippen LogP contribution in [0.3, 0.4) is 0 Å². The molecule has 0 aliphatic heterocycles. The van der Waals surface area contributed by atoms with Crippen molar-refractivity contribution in [2.24, 2.45) is 5.92 Å². The van der Waals surface area contributed by atoms with Crippen LogP contribution in [-0.4, -0.2) is 18.2 Å². The van der Waals surface area contributed by atoms with Crippen molar-refractivity contribution in [3.8, 4) is 11.8 Å². The molecule has 0 saturated carbocycles. The van der Waals surface area contributed by atoms with Crippen molar-refractivity contribution in [1.82, 2.24) is 0 Å². The van der Waals surface area contributed by atoms with Gasteiger partial charge < -0.3 is 9.84 Å². The fraction of sp³-hybridized carbons (Fsp3) is 0.429. The Hall–Kier alpha value is -2.02. The van der Waals surface area contributed by atoms with Gasteiger partial charge in [0.2, 0.25) is 0 Å². The van der Waals surface area contributed by atoms with E-state index in [0.717, 1.165) is 16.9 Å². The number of nitrogens with zero attached hydrogens (tertiary/aromatic N) is 1. The van der Waals surface area contributed by atoms with Gasteiger partial charge in [-0.15, -0.1) is 0 Å². The number of aliphatic carboxylic acids is 1. The fourth-order valence-corrected chi connectivity index (χ4v) is 1.86. The number of aryl methyl sites for hydroxylation is 1. The molecule has 1 aromatic rings. The molecule has 0 aliphatic rings. The predicted octanol–water partition coefficient (Wildman–Crippen LogP) is 2.55. The second kappa shape index (κ2) is 6.65. The van der Waals surface area contributed by atoms with Gasteiger partial charge in [-0.1, -0.05) is 12.1 Å². The first-order valence-electron chi connectivity index (χ1n) is 5.81. The van der Waals surface area contributed by atoms with Crippen LogP contribution >= 0.6 is 0 Å². The van der Waals surface area contributed by atoms with Gasteiger partial charge in [0.25, 0.3) is 0 Å². The third-order valence-corrected chi connectivity index (χ3v) is 2.83. The Morgan fingerprint density at radius 1 is 1.56 bits per heavy atom. The summed E-state index contributed by atoms with van der Waals surface area (Å²) in [5, 5.41) is 17.6. The van der Waals surface area contributed by atoms with Gasteiger partial charge in [-0.3, -0.25) is 4.79 Å². The molecule has 0 saturated heterocycles. The molecule has 0 radical (unpaired) electrons. The van der Waals surface area contributed by atoms with Crippen molar-refractivity contribution in [3.63, 3.8) is 0 Å². The standard InChI is InChI=1S/C14H17NO3/c1-10-7-11(3-5-13(10)18-2)8-12(9-15)4-6-14(16)17/h3,5,7,12H,4,6,8H2,1-2H3,(H,16,17). The number of rotatable bonds is 6. The van der Waals surface area contributed by atoms with Crippen LogP contribution in [0.2, 0.25) is 0 Å². The molecule has 4 heteroatoms. The van der Waals surface area contributed by atoms with Crippen molar-refractivity contribution in [3.05, 3.63) is 29.3 Å². The van der Waals surface area contributed by atoms with E-state index in [9.17, 15) is 4.79 Å². The van der Waals surface area contributed by atoms with E-state index in [2.05, 4.69) is 6.07 Å². The molecular weight excluding hydrogens is 230 g/mol. The topological polar surface area (TPSA) is 70.3 Å². The molecule has 0 fully saturated rings. The van der Waals surface area contributed by atoms with Gasteiger partial charge in [0.05, 0.1) is 19.1 Å². The third-order valence-electron chi connectivity index (χ3n) is 2.83. The third kappa shape index (κ3) is 4.10. The number of benzene rings is 1. The Morgan fingerprint density at radius 2 is 2.28 bits per heavy atom. The highest BCUT2D eigenvalue weighted by Gasteiger charge is 2.11. The van der Waals surface area contributed by atoms with E-state index in [-0.39, 0.29) is 12.3 Å². The Kier molecular flexibility index (Phi) is 5.19. The molecule has 0 heterocycles. The van der Waals surface area contributed by atoms with Crippen molar-refractivity contribution in [2.45, 2.75) is 26.2 Å². The number of nitriles is 1. The number of carboxylic acid groups (broad SMARTS) is 1. The van der Waals surface area contributed by atoms with E-state index in [1.165, 1.54) is 0 Å². The fourth-order valence-electron chi connectivity index (χ4n) is 1.86. The molecule has 1 unspecified atom stereocenters. The normalized spacial score (nSPS) is 11.6. The monoisotopic (exact) mass is 247 g/mol. The van der Waals surface area contributed by atoms with Crippen LogP contribution in [0.5, 0.6) is 5.75 Å². The Labute approximate surface area is 107 Å². The van der Waals surface area contributed by atoms with Crippen LogP contribution < -0.4 is 4.74 Å². The van der Waals surface area contributed by atoms with Gasteiger partial charge in [0, 0.05) is 6.42 Å². The molecule has 0 amide bonds. The van der Waals surface area contributed by atoms with Crippen molar-refractivity contribution in [1.29, 1.82) is 5.26 Å². The number of hydrogen-bond donors (Lipinski definition) is 1. The highest BCUT2D eigenvalue weighted by atomic mass is 16.5. The Bertz CT molecular complexity index is 463. The molecule has 18 heavy (non-hydrogen) atoms. The number of ether oxygens (including phenoxy) is 1. The molecular formula is C14H17NO3. The highest BCUT2D eigenvalue weighted by molar-refractivity contribution is 5.66. The van der Waals surface area contributed by atoms with Crippen LogP contribution in [0, 0.1) is 24.2 Å². The summed E-state index contributed by atoms with van der Waals surface area (Å²) in [4.78, 5) is 10.5. The second-order valence-electron chi connectivity index (χ2n) is 4.27. The van der Waals surface area contributed by atoms with E-state index in [0.29, 0.717) is 12.8 Å². The molecule has 1 rings (SSSR count). The lowest BCUT2D eigenvalue weighted by atomic mass is 9.95. The summed E-state index contributed by atoms with van der Waals surface area (Å²) in [5.41, 5.74) is 2.05. The molecule has 1 aromatic carbocycles. The molecule has 0 spiro atoms. The van der Waals surface area contributed by atoms with Gasteiger partial charge in [-0.2, -0.15) is 5.26 Å². The van der Waals surface area contributed by atoms with E-state index in [4.69, 9.17) is 15.1 Å². The van der Waals surface area contributed by atoms with Crippen LogP contribution in [0.25, 0.3) is 0 Å². The second-order valence-corrected chi connectivity index (χ2v) is 4.27. The Balaban J connectivity index is 2.68. The first-order chi connectivity index (χ1) is 8.56. The number of carboxylic acids is 1. The lowest BCUT2D eigenvalue weighted by Crippen LogP contribution is -2.06. The summed E-state index contributed by atoms with van der Waals surface area (Å²) in [6.07, 6.45) is 0.999. The quantitative estimate of drug-likeness (QED) is 0.838. The van der Waals surface area contributed by atoms with Crippen LogP contribution in [-0.2, 0) is 11.2 Å². The maximum Gasteiger partial charge on any atom is 0.303 e. The molecule has 96 valence electrons. The van der Waals surface area contributed by atoms with Crippen LogP contribution in [0.1, 0.15) is 24.0 Å². The Morgan fingerprint density at radius 3 is 2.78 bits per heavy atom. The number of hydrogen-bond acceptors (Lipinski definition) is 3. The maximum atomic E-state index is 10.5. The molecule has 0 bridgehead atoms. The van der Waals surface area contributed by atoms with Gasteiger partial charge in [0.15, 0.2) is 0 Å². The predicted molar refractivity (Wildman–Crippen MR) is 67.4 cm³/mol. The number of methoxy groups -OCH3 is 1. The van der Waals surface area contributed by atoms with E-state index >= 15 is 0 Å². The summed E-state index contributed by atoms with van der Waals surface area (Å²) in [6, 6.07) is 7.92. The van der Waals surface area contributed by atoms with Gasteiger partial charge in [-0.05, 0) is 37.0 Å². The lowest BCUT2D eigenvalue weighted by Gasteiger charge is -2.10. The van der Waals surface area contributed by atoms with Crippen LogP contribution in [0.4, 0.5) is 0 Å². The lowest BCUT2D eigenvalue weighted by molar-refractivity contribution is -0.137. The first-order valence-corrected chi connectivity index (χ1v) is 5.81. The highest BCUT2D eigenvalue weighted by Crippen LogP contribution is 2.21. The molecule has 4 nitrogen and oxygen atoms in total. The van der Waals surface area contributed by atoms with Crippen molar-refractivity contribution < 1.29 is 14.6 Å². The van der Waals surface area contributed by atoms with Crippen molar-refractivity contribution >= 4 is 5.97 Å². The average molecular weight is 247 g/mol. The van der Waals surface area contributed by atoms with E-state index in [1.54, 1.807) is 7.11 Å². The summed E-state index contributed by atoms with van der Waals surface area (Å²) >= 11 is 0. The summed E-state index contributed by atoms with van der Waals surface area (Å²) in [5.74, 6) is -0.298. The van der Waals surface area contributed by atoms with Gasteiger partial charge >= 0.3 is 5.97 Å². The zero-order valence-electron chi connectivity index (χ0n) is 10.6.